The van der Waals surface area contributed by atoms with Crippen molar-refractivity contribution in [2.24, 2.45) is 0 Å². The largest absolute Gasteiger partial charge is 0.325 e. The minimum Gasteiger partial charge on any atom is -0.325 e. The van der Waals surface area contributed by atoms with Crippen LogP contribution in [0.3, 0.4) is 0 Å². The van der Waals surface area contributed by atoms with Crippen LogP contribution in [0.5, 0.6) is 0 Å². The van der Waals surface area contributed by atoms with E-state index in [1.54, 1.807) is 11.8 Å². The number of thioether (sulfide) groups is 1. The van der Waals surface area contributed by atoms with Gasteiger partial charge in [0.2, 0.25) is 5.91 Å². The number of aromatic nitrogens is 2. The summed E-state index contributed by atoms with van der Waals surface area (Å²) in [5.74, 6) is 1.61. The van der Waals surface area contributed by atoms with Crippen molar-refractivity contribution in [1.29, 1.82) is 0 Å². The fourth-order valence-corrected chi connectivity index (χ4v) is 3.75. The summed E-state index contributed by atoms with van der Waals surface area (Å²) in [5, 5.41) is 2.94. The molecule has 0 saturated heterocycles. The van der Waals surface area contributed by atoms with Gasteiger partial charge in [0, 0.05) is 34.8 Å². The van der Waals surface area contributed by atoms with Crippen molar-refractivity contribution in [3.8, 4) is 0 Å². The molecule has 124 valence electrons. The van der Waals surface area contributed by atoms with Crippen LogP contribution < -0.4 is 5.32 Å². The molecule has 1 amide bonds. The summed E-state index contributed by atoms with van der Waals surface area (Å²) in [5.41, 5.74) is 3.96. The molecule has 3 rings (SSSR count). The van der Waals surface area contributed by atoms with Gasteiger partial charge in [0.1, 0.15) is 5.65 Å². The molecule has 0 spiro atoms. The first-order valence-electron chi connectivity index (χ1n) is 7.68. The molecule has 2 aromatic heterocycles. The standard InChI is InChI=1S/C18H18BrN3OS/c1-13-5-6-16(15(19)10-13)21-18(23)7-9-24-12-14-11-22-8-3-2-4-17(22)20-14/h2-6,8,10-11H,7,9,12H2,1H3,(H,21,23). The molecule has 0 unspecified atom stereocenters. The number of benzene rings is 1. The topological polar surface area (TPSA) is 46.4 Å². The summed E-state index contributed by atoms with van der Waals surface area (Å²) in [7, 11) is 0. The van der Waals surface area contributed by atoms with Gasteiger partial charge in [0.25, 0.3) is 0 Å². The van der Waals surface area contributed by atoms with E-state index in [9.17, 15) is 4.79 Å². The number of anilines is 1. The van der Waals surface area contributed by atoms with Crippen LogP contribution in [-0.4, -0.2) is 21.0 Å². The van der Waals surface area contributed by atoms with Gasteiger partial charge in [-0.25, -0.2) is 4.98 Å². The molecule has 1 N–H and O–H groups in total. The minimum absolute atomic E-state index is 0.0297. The number of carbonyl (C=O) groups excluding carboxylic acids is 1. The van der Waals surface area contributed by atoms with E-state index in [2.05, 4.69) is 26.2 Å². The van der Waals surface area contributed by atoms with Crippen LogP contribution >= 0.6 is 27.7 Å². The summed E-state index contributed by atoms with van der Waals surface area (Å²) in [6.45, 7) is 2.02. The first-order valence-corrected chi connectivity index (χ1v) is 9.63. The molecule has 0 bridgehead atoms. The average molecular weight is 404 g/mol. The highest BCUT2D eigenvalue weighted by Gasteiger charge is 2.07. The third kappa shape index (κ3) is 4.39. The monoisotopic (exact) mass is 403 g/mol. The Bertz CT molecular complexity index is 829. The van der Waals surface area contributed by atoms with E-state index in [4.69, 9.17) is 0 Å². The highest BCUT2D eigenvalue weighted by Crippen LogP contribution is 2.23. The lowest BCUT2D eigenvalue weighted by Crippen LogP contribution is -2.12. The fraction of sp³-hybridized carbons (Fsp3) is 0.222. The smallest absolute Gasteiger partial charge is 0.225 e. The molecule has 24 heavy (non-hydrogen) atoms. The van der Waals surface area contributed by atoms with Crippen molar-refractivity contribution in [1.82, 2.24) is 9.38 Å². The summed E-state index contributed by atoms with van der Waals surface area (Å²) in [6, 6.07) is 11.8. The third-order valence-corrected chi connectivity index (χ3v) is 5.18. The zero-order valence-corrected chi connectivity index (χ0v) is 15.7. The maximum absolute atomic E-state index is 12.0. The molecule has 4 nitrogen and oxygen atoms in total. The van der Waals surface area contributed by atoms with Gasteiger partial charge < -0.3 is 9.72 Å². The Morgan fingerprint density at radius 3 is 3.00 bits per heavy atom. The van der Waals surface area contributed by atoms with E-state index < -0.39 is 0 Å². The number of nitrogens with zero attached hydrogens (tertiary/aromatic N) is 2. The zero-order valence-electron chi connectivity index (χ0n) is 13.3. The first kappa shape index (κ1) is 17.0. The van der Waals surface area contributed by atoms with E-state index >= 15 is 0 Å². The molecular weight excluding hydrogens is 386 g/mol. The van der Waals surface area contributed by atoms with Gasteiger partial charge in [0.05, 0.1) is 11.4 Å². The van der Waals surface area contributed by atoms with Gasteiger partial charge in [-0.1, -0.05) is 12.1 Å². The first-order chi connectivity index (χ1) is 11.6. The van der Waals surface area contributed by atoms with Crippen LogP contribution in [0.4, 0.5) is 5.69 Å². The van der Waals surface area contributed by atoms with Gasteiger partial charge in [0.15, 0.2) is 0 Å². The van der Waals surface area contributed by atoms with Gasteiger partial charge in [-0.15, -0.1) is 0 Å². The van der Waals surface area contributed by atoms with Crippen LogP contribution in [0.15, 0.2) is 53.3 Å². The average Bonchev–Trinajstić information content (AvgIpc) is 2.97. The van der Waals surface area contributed by atoms with Crippen LogP contribution in [0, 0.1) is 6.92 Å². The third-order valence-electron chi connectivity index (χ3n) is 3.54. The molecule has 0 saturated carbocycles. The Balaban J connectivity index is 1.45. The predicted molar refractivity (Wildman–Crippen MR) is 103 cm³/mol. The van der Waals surface area contributed by atoms with E-state index in [-0.39, 0.29) is 5.91 Å². The lowest BCUT2D eigenvalue weighted by Gasteiger charge is -2.08. The van der Waals surface area contributed by atoms with E-state index in [0.717, 1.165) is 38.6 Å². The number of amides is 1. The van der Waals surface area contributed by atoms with E-state index in [1.807, 2.05) is 60.1 Å². The maximum Gasteiger partial charge on any atom is 0.225 e. The Hall–Kier alpha value is -1.79. The molecule has 0 radical (unpaired) electrons. The Kier molecular flexibility index (Phi) is 5.58. The molecular formula is C18H18BrN3OS. The molecule has 0 fully saturated rings. The van der Waals surface area contributed by atoms with E-state index in [0.29, 0.717) is 6.42 Å². The minimum atomic E-state index is 0.0297. The van der Waals surface area contributed by atoms with Gasteiger partial charge in [-0.2, -0.15) is 11.8 Å². The second-order valence-electron chi connectivity index (χ2n) is 5.53. The summed E-state index contributed by atoms with van der Waals surface area (Å²) < 4.78 is 2.92. The highest BCUT2D eigenvalue weighted by molar-refractivity contribution is 9.10. The van der Waals surface area contributed by atoms with Crippen LogP contribution in [0.2, 0.25) is 0 Å². The quantitative estimate of drug-likeness (QED) is 0.608. The number of halogens is 1. The normalized spacial score (nSPS) is 10.9. The molecule has 3 aromatic rings. The molecule has 0 atom stereocenters. The van der Waals surface area contributed by atoms with Crippen molar-refractivity contribution in [2.75, 3.05) is 11.1 Å². The van der Waals surface area contributed by atoms with Gasteiger partial charge >= 0.3 is 0 Å². The van der Waals surface area contributed by atoms with Crippen LogP contribution in [0.25, 0.3) is 5.65 Å². The molecule has 0 aliphatic carbocycles. The molecule has 2 heterocycles. The van der Waals surface area contributed by atoms with Crippen molar-refractivity contribution in [3.63, 3.8) is 0 Å². The van der Waals surface area contributed by atoms with Crippen molar-refractivity contribution >= 4 is 44.9 Å². The number of hydrogen-bond acceptors (Lipinski definition) is 3. The SMILES string of the molecule is Cc1ccc(NC(=O)CCSCc2cn3ccccc3n2)c(Br)c1. The lowest BCUT2D eigenvalue weighted by molar-refractivity contribution is -0.115. The molecule has 6 heteroatoms. The lowest BCUT2D eigenvalue weighted by atomic mass is 10.2. The number of fused-ring (bicyclic) bond motifs is 1. The fourth-order valence-electron chi connectivity index (χ4n) is 2.33. The zero-order chi connectivity index (χ0) is 16.9. The van der Waals surface area contributed by atoms with Crippen molar-refractivity contribution < 1.29 is 4.79 Å². The number of nitrogens with one attached hydrogen (secondary N) is 1. The highest BCUT2D eigenvalue weighted by atomic mass is 79.9. The van der Waals surface area contributed by atoms with Crippen LogP contribution in [0.1, 0.15) is 17.7 Å². The maximum atomic E-state index is 12.0. The summed E-state index contributed by atoms with van der Waals surface area (Å²) in [4.78, 5) is 16.6. The number of pyridine rings is 1. The summed E-state index contributed by atoms with van der Waals surface area (Å²) in [6.07, 6.45) is 4.51. The number of imidazole rings is 1. The molecule has 0 aliphatic rings. The Morgan fingerprint density at radius 1 is 1.33 bits per heavy atom. The Labute approximate surface area is 153 Å². The van der Waals surface area contributed by atoms with Crippen molar-refractivity contribution in [2.45, 2.75) is 19.1 Å². The van der Waals surface area contributed by atoms with Gasteiger partial charge in [-0.3, -0.25) is 4.79 Å². The van der Waals surface area contributed by atoms with E-state index in [1.165, 1.54) is 0 Å². The number of carbonyl (C=O) groups is 1. The second kappa shape index (κ2) is 7.85. The number of aryl methyl sites for hydroxylation is 1. The number of hydrogen-bond donors (Lipinski definition) is 1. The predicted octanol–water partition coefficient (Wildman–Crippen LogP) is 4.67. The Morgan fingerprint density at radius 2 is 2.21 bits per heavy atom. The number of rotatable bonds is 6. The summed E-state index contributed by atoms with van der Waals surface area (Å²) >= 11 is 5.19. The van der Waals surface area contributed by atoms with Crippen molar-refractivity contribution in [3.05, 3.63) is 64.5 Å². The second-order valence-corrected chi connectivity index (χ2v) is 7.49. The molecule has 1 aromatic carbocycles. The molecule has 0 aliphatic heterocycles. The van der Waals surface area contributed by atoms with Crippen LogP contribution in [-0.2, 0) is 10.5 Å². The van der Waals surface area contributed by atoms with Gasteiger partial charge in [-0.05, 0) is 52.7 Å².